The Morgan fingerprint density at radius 3 is 2.61 bits per heavy atom. The Balaban J connectivity index is 1.79. The maximum Gasteiger partial charge on any atom is 0.178 e. The molecule has 0 spiro atoms. The van der Waals surface area contributed by atoms with Gasteiger partial charge in [0.05, 0.1) is 10.6 Å². The number of carbonyl (C=O) groups excluding carboxylic acids is 1. The minimum atomic E-state index is -3.26. The highest BCUT2D eigenvalue weighted by molar-refractivity contribution is 7.91. The molecule has 0 aromatic heterocycles. The van der Waals surface area contributed by atoms with Crippen molar-refractivity contribution in [3.05, 3.63) is 30.3 Å². The minimum Gasteiger partial charge on any atom is -0.299 e. The molecule has 2 aliphatic carbocycles. The fourth-order valence-corrected chi connectivity index (χ4v) is 6.78. The summed E-state index contributed by atoms with van der Waals surface area (Å²) in [5.41, 5.74) is 0.000950. The van der Waals surface area contributed by atoms with Crippen molar-refractivity contribution in [1.82, 2.24) is 0 Å². The summed E-state index contributed by atoms with van der Waals surface area (Å²) in [7, 11) is -3.26. The van der Waals surface area contributed by atoms with Crippen LogP contribution in [0.15, 0.2) is 35.2 Å². The average molecular weight is 334 g/mol. The van der Waals surface area contributed by atoms with E-state index in [2.05, 4.69) is 13.8 Å². The number of hydrogen-bond donors (Lipinski definition) is 0. The van der Waals surface area contributed by atoms with Crippen molar-refractivity contribution >= 4 is 15.6 Å². The van der Waals surface area contributed by atoms with Crippen LogP contribution in [0.4, 0.5) is 0 Å². The molecule has 1 aromatic carbocycles. The van der Waals surface area contributed by atoms with E-state index in [0.29, 0.717) is 23.0 Å². The lowest BCUT2D eigenvalue weighted by Gasteiger charge is -2.42. The number of fused-ring (bicyclic) bond motifs is 1. The summed E-state index contributed by atoms with van der Waals surface area (Å²) in [4.78, 5) is 12.6. The van der Waals surface area contributed by atoms with Gasteiger partial charge < -0.3 is 0 Å². The second-order valence-corrected chi connectivity index (χ2v) is 9.67. The number of ketones is 1. The quantitative estimate of drug-likeness (QED) is 0.839. The minimum absolute atomic E-state index is 0.000950. The van der Waals surface area contributed by atoms with Gasteiger partial charge in [-0.05, 0) is 55.1 Å². The van der Waals surface area contributed by atoms with E-state index in [0.717, 1.165) is 25.7 Å². The molecule has 126 valence electrons. The fraction of sp³-hybridized carbons (Fsp3) is 0.632. The molecule has 3 rings (SSSR count). The lowest BCUT2D eigenvalue weighted by Crippen LogP contribution is -2.40. The Bertz CT molecular complexity index is 680. The van der Waals surface area contributed by atoms with Crippen LogP contribution >= 0.6 is 0 Å². The Hall–Kier alpha value is -1.16. The number of hydrogen-bond acceptors (Lipinski definition) is 3. The number of carbonyl (C=O) groups is 1. The van der Waals surface area contributed by atoms with E-state index in [9.17, 15) is 13.2 Å². The topological polar surface area (TPSA) is 51.2 Å². The molecule has 1 aromatic rings. The molecular weight excluding hydrogens is 308 g/mol. The lowest BCUT2D eigenvalue weighted by atomic mass is 9.62. The van der Waals surface area contributed by atoms with Gasteiger partial charge >= 0.3 is 0 Å². The molecule has 0 heterocycles. The van der Waals surface area contributed by atoms with E-state index >= 15 is 0 Å². The first-order chi connectivity index (χ1) is 10.8. The molecule has 0 N–H and O–H groups in total. The molecule has 0 saturated heterocycles. The monoisotopic (exact) mass is 334 g/mol. The van der Waals surface area contributed by atoms with Crippen LogP contribution in [0.2, 0.25) is 0 Å². The van der Waals surface area contributed by atoms with Crippen LogP contribution in [0.1, 0.15) is 46.0 Å². The second kappa shape index (κ2) is 6.04. The van der Waals surface area contributed by atoms with Crippen molar-refractivity contribution in [1.29, 1.82) is 0 Å². The van der Waals surface area contributed by atoms with Gasteiger partial charge in [-0.2, -0.15) is 0 Å². The first-order valence-electron chi connectivity index (χ1n) is 8.65. The van der Waals surface area contributed by atoms with Gasteiger partial charge in [0.1, 0.15) is 5.78 Å². The van der Waals surface area contributed by atoms with Crippen molar-refractivity contribution in [2.45, 2.75) is 50.8 Å². The van der Waals surface area contributed by atoms with E-state index < -0.39 is 9.84 Å². The zero-order chi connectivity index (χ0) is 16.7. The molecule has 4 atom stereocenters. The van der Waals surface area contributed by atoms with Crippen molar-refractivity contribution in [3.8, 4) is 0 Å². The standard InChI is InChI=1S/C19H26O3S/c1-14(13-23(21,22)15-7-4-3-5-8-15)16-10-11-17-18(20)9-6-12-19(16,17)2/h3-5,7-8,14,16-17H,6,9-13H2,1-2H3/t14-,16?,17?,19-/m1/s1. The molecule has 2 aliphatic rings. The van der Waals surface area contributed by atoms with Crippen LogP contribution in [0.3, 0.4) is 0 Å². The highest BCUT2D eigenvalue weighted by Crippen LogP contribution is 2.56. The Labute approximate surface area is 139 Å². The highest BCUT2D eigenvalue weighted by atomic mass is 32.2. The Morgan fingerprint density at radius 2 is 1.91 bits per heavy atom. The van der Waals surface area contributed by atoms with Crippen molar-refractivity contribution < 1.29 is 13.2 Å². The summed E-state index contributed by atoms with van der Waals surface area (Å²) < 4.78 is 25.3. The van der Waals surface area contributed by atoms with Crippen LogP contribution in [-0.4, -0.2) is 20.0 Å². The van der Waals surface area contributed by atoms with Gasteiger partial charge in [0.25, 0.3) is 0 Å². The zero-order valence-electron chi connectivity index (χ0n) is 14.0. The average Bonchev–Trinajstić information content (AvgIpc) is 2.86. The van der Waals surface area contributed by atoms with Gasteiger partial charge in [-0.1, -0.05) is 32.0 Å². The molecule has 0 radical (unpaired) electrons. The molecule has 2 unspecified atom stereocenters. The summed E-state index contributed by atoms with van der Waals surface area (Å²) in [6.07, 6.45) is 4.65. The molecule has 0 amide bonds. The third-order valence-electron chi connectivity index (χ3n) is 6.21. The van der Waals surface area contributed by atoms with E-state index in [-0.39, 0.29) is 23.0 Å². The first-order valence-corrected chi connectivity index (χ1v) is 10.3. The molecule has 0 aliphatic heterocycles. The highest BCUT2D eigenvalue weighted by Gasteiger charge is 2.52. The zero-order valence-corrected chi connectivity index (χ0v) is 14.8. The number of sulfone groups is 1. The predicted octanol–water partition coefficient (Wildman–Crippen LogP) is 3.88. The number of benzene rings is 1. The first kappa shape index (κ1) is 16.7. The molecule has 3 nitrogen and oxygen atoms in total. The van der Waals surface area contributed by atoms with Gasteiger partial charge in [0, 0.05) is 12.3 Å². The molecule has 23 heavy (non-hydrogen) atoms. The van der Waals surface area contributed by atoms with E-state index in [1.54, 1.807) is 24.3 Å². The molecule has 2 saturated carbocycles. The van der Waals surface area contributed by atoms with Gasteiger partial charge in [-0.15, -0.1) is 0 Å². The van der Waals surface area contributed by atoms with E-state index in [4.69, 9.17) is 0 Å². The van der Waals surface area contributed by atoms with Crippen molar-refractivity contribution in [3.63, 3.8) is 0 Å². The van der Waals surface area contributed by atoms with Crippen molar-refractivity contribution in [2.24, 2.45) is 23.2 Å². The predicted molar refractivity (Wildman–Crippen MR) is 90.8 cm³/mol. The largest absolute Gasteiger partial charge is 0.299 e. The van der Waals surface area contributed by atoms with Gasteiger partial charge in [-0.25, -0.2) is 8.42 Å². The normalized spacial score (nSPS) is 32.5. The SMILES string of the molecule is C[C@H](CS(=O)(=O)c1ccccc1)C1CCC2C(=O)CCC[C@@]21C. The van der Waals surface area contributed by atoms with Crippen molar-refractivity contribution in [2.75, 3.05) is 5.75 Å². The second-order valence-electron chi connectivity index (χ2n) is 7.63. The maximum absolute atomic E-state index is 12.7. The third kappa shape index (κ3) is 2.98. The van der Waals surface area contributed by atoms with Crippen LogP contribution in [0.25, 0.3) is 0 Å². The van der Waals surface area contributed by atoms with Crippen LogP contribution in [-0.2, 0) is 14.6 Å². The number of Topliss-reactive ketones (excluding diaryl/α,β-unsaturated/α-hetero) is 1. The molecular formula is C19H26O3S. The maximum atomic E-state index is 12.7. The van der Waals surface area contributed by atoms with Crippen LogP contribution in [0, 0.1) is 23.2 Å². The fourth-order valence-electron chi connectivity index (χ4n) is 5.09. The van der Waals surface area contributed by atoms with Crippen LogP contribution < -0.4 is 0 Å². The van der Waals surface area contributed by atoms with Gasteiger partial charge in [-0.3, -0.25) is 4.79 Å². The van der Waals surface area contributed by atoms with Gasteiger partial charge in [0.15, 0.2) is 9.84 Å². The summed E-state index contributed by atoms with van der Waals surface area (Å²) in [5.74, 6) is 1.15. The van der Waals surface area contributed by atoms with E-state index in [1.807, 2.05) is 6.07 Å². The Morgan fingerprint density at radius 1 is 1.22 bits per heavy atom. The van der Waals surface area contributed by atoms with E-state index in [1.165, 1.54) is 0 Å². The third-order valence-corrected chi connectivity index (χ3v) is 8.16. The molecule has 2 fully saturated rings. The summed E-state index contributed by atoms with van der Waals surface area (Å²) in [5, 5.41) is 0. The molecule has 0 bridgehead atoms. The van der Waals surface area contributed by atoms with Crippen LogP contribution in [0.5, 0.6) is 0 Å². The Kier molecular flexibility index (Phi) is 4.39. The smallest absolute Gasteiger partial charge is 0.178 e. The number of rotatable bonds is 4. The summed E-state index contributed by atoms with van der Waals surface area (Å²) >= 11 is 0. The lowest BCUT2D eigenvalue weighted by molar-refractivity contribution is -0.129. The van der Waals surface area contributed by atoms with Gasteiger partial charge in [0.2, 0.25) is 0 Å². The molecule has 4 heteroatoms. The summed E-state index contributed by atoms with van der Waals surface area (Å²) in [6.45, 7) is 4.27. The summed E-state index contributed by atoms with van der Waals surface area (Å²) in [6, 6.07) is 8.71.